The molecular weight excluding hydrogens is 414 g/mol. The molecule has 1 aliphatic rings. The van der Waals surface area contributed by atoms with Gasteiger partial charge in [-0.1, -0.05) is 30.0 Å². The number of nitrogens with one attached hydrogen (secondary N) is 1. The largest absolute Gasteiger partial charge is 0.497 e. The van der Waals surface area contributed by atoms with Gasteiger partial charge in [0.15, 0.2) is 0 Å². The quantitative estimate of drug-likeness (QED) is 0.441. The van der Waals surface area contributed by atoms with E-state index in [4.69, 9.17) is 14.6 Å². The molecule has 4 rings (SSSR count). The van der Waals surface area contributed by atoms with Crippen LogP contribution in [-0.2, 0) is 15.3 Å². The number of carbonyl (C=O) groups is 1. The Kier molecular flexibility index (Phi) is 6.22. The Balaban J connectivity index is 1.70. The molecule has 0 bridgehead atoms. The Morgan fingerprint density at radius 2 is 2.06 bits per heavy atom. The summed E-state index contributed by atoms with van der Waals surface area (Å²) in [4.78, 5) is 21.6. The highest BCUT2D eigenvalue weighted by atomic mass is 32.2. The van der Waals surface area contributed by atoms with E-state index in [1.54, 1.807) is 24.9 Å². The predicted octanol–water partition coefficient (Wildman–Crippen LogP) is 3.83. The maximum absolute atomic E-state index is 12.8. The van der Waals surface area contributed by atoms with Gasteiger partial charge in [-0.2, -0.15) is 4.98 Å². The summed E-state index contributed by atoms with van der Waals surface area (Å²) in [6.07, 6.45) is 3.57. The van der Waals surface area contributed by atoms with Crippen LogP contribution in [0.25, 0.3) is 0 Å². The van der Waals surface area contributed by atoms with E-state index in [1.807, 2.05) is 49.5 Å². The Morgan fingerprint density at radius 3 is 2.74 bits per heavy atom. The number of hydrogen-bond donors (Lipinski definition) is 1. The highest BCUT2D eigenvalue weighted by molar-refractivity contribution is 7.98. The number of thioether (sulfide) groups is 1. The molecule has 0 radical (unpaired) electrons. The minimum absolute atomic E-state index is 0.293. The summed E-state index contributed by atoms with van der Waals surface area (Å²) in [5.74, 6) is 1.64. The smallest absolute Gasteiger partial charge is 0.338 e. The first kappa shape index (κ1) is 20.9. The van der Waals surface area contributed by atoms with Gasteiger partial charge >= 0.3 is 5.97 Å². The number of fused-ring (bicyclic) bond motifs is 1. The van der Waals surface area contributed by atoms with E-state index < -0.39 is 6.04 Å². The zero-order chi connectivity index (χ0) is 21.8. The van der Waals surface area contributed by atoms with Gasteiger partial charge in [0.25, 0.3) is 0 Å². The van der Waals surface area contributed by atoms with Crippen LogP contribution in [0.5, 0.6) is 5.75 Å². The fraction of sp³-hybridized carbons (Fsp3) is 0.273. The summed E-state index contributed by atoms with van der Waals surface area (Å²) in [7, 11) is 1.62. The monoisotopic (exact) mass is 437 g/mol. The summed E-state index contributed by atoms with van der Waals surface area (Å²) in [5.41, 5.74) is 3.18. The standard InChI is InChI=1S/C22H23N5O3S/c1-4-30-20(28)18-14(2)24-21-25-22(31-13-15-6-5-11-23-12-15)26-27(21)19(18)16-7-9-17(29-3)10-8-16/h5-12,19H,4,13H2,1-3H3,(H,24,25,26)/t19-/m0/s1. The van der Waals surface area contributed by atoms with E-state index in [9.17, 15) is 4.79 Å². The van der Waals surface area contributed by atoms with Gasteiger partial charge in [0.2, 0.25) is 11.1 Å². The van der Waals surface area contributed by atoms with Crippen molar-refractivity contribution in [2.45, 2.75) is 30.8 Å². The summed E-state index contributed by atoms with van der Waals surface area (Å²) in [6.45, 7) is 3.94. The van der Waals surface area contributed by atoms with E-state index in [-0.39, 0.29) is 5.97 Å². The lowest BCUT2D eigenvalue weighted by Gasteiger charge is -2.28. The van der Waals surface area contributed by atoms with Gasteiger partial charge in [-0.3, -0.25) is 4.98 Å². The first-order valence-corrected chi connectivity index (χ1v) is 10.9. The number of esters is 1. The lowest BCUT2D eigenvalue weighted by Crippen LogP contribution is -2.29. The van der Waals surface area contributed by atoms with Gasteiger partial charge in [0.05, 0.1) is 19.3 Å². The minimum Gasteiger partial charge on any atom is -0.497 e. The number of methoxy groups -OCH3 is 1. The highest BCUT2D eigenvalue weighted by Gasteiger charge is 2.35. The number of ether oxygens (including phenoxy) is 2. The zero-order valence-corrected chi connectivity index (χ0v) is 18.3. The number of benzene rings is 1. The second-order valence-corrected chi connectivity index (χ2v) is 7.81. The minimum atomic E-state index is -0.457. The Morgan fingerprint density at radius 1 is 1.26 bits per heavy atom. The number of allylic oxidation sites excluding steroid dienone is 1. The molecule has 1 atom stereocenters. The number of anilines is 1. The van der Waals surface area contributed by atoms with Crippen molar-refractivity contribution >= 4 is 23.7 Å². The molecule has 1 aliphatic heterocycles. The van der Waals surface area contributed by atoms with Gasteiger partial charge in [0.1, 0.15) is 11.8 Å². The predicted molar refractivity (Wildman–Crippen MR) is 118 cm³/mol. The van der Waals surface area contributed by atoms with Crippen molar-refractivity contribution in [2.24, 2.45) is 0 Å². The average molecular weight is 438 g/mol. The fourth-order valence-corrected chi connectivity index (χ4v) is 4.15. The van der Waals surface area contributed by atoms with Crippen LogP contribution in [0.2, 0.25) is 0 Å². The molecule has 0 fully saturated rings. The van der Waals surface area contributed by atoms with Gasteiger partial charge in [-0.25, -0.2) is 9.48 Å². The molecule has 160 valence electrons. The third-order valence-corrected chi connectivity index (χ3v) is 5.76. The van der Waals surface area contributed by atoms with Crippen LogP contribution < -0.4 is 10.1 Å². The third kappa shape index (κ3) is 4.41. The van der Waals surface area contributed by atoms with E-state index in [0.717, 1.165) is 16.9 Å². The van der Waals surface area contributed by atoms with Crippen LogP contribution in [0.4, 0.5) is 5.95 Å². The Hall–Kier alpha value is -3.33. The van der Waals surface area contributed by atoms with Crippen molar-refractivity contribution in [2.75, 3.05) is 19.0 Å². The molecule has 0 spiro atoms. The highest BCUT2D eigenvalue weighted by Crippen LogP contribution is 2.37. The summed E-state index contributed by atoms with van der Waals surface area (Å²) in [5, 5.41) is 8.53. The molecule has 0 unspecified atom stereocenters. The van der Waals surface area contributed by atoms with Gasteiger partial charge in [-0.05, 0) is 43.2 Å². The average Bonchev–Trinajstić information content (AvgIpc) is 3.20. The van der Waals surface area contributed by atoms with Crippen LogP contribution in [0.15, 0.2) is 65.2 Å². The Labute approximate surface area is 184 Å². The molecule has 9 heteroatoms. The van der Waals surface area contributed by atoms with Gasteiger partial charge < -0.3 is 14.8 Å². The van der Waals surface area contributed by atoms with Crippen molar-refractivity contribution in [3.63, 3.8) is 0 Å². The lowest BCUT2D eigenvalue weighted by molar-refractivity contribution is -0.139. The number of aromatic nitrogens is 4. The molecule has 0 aliphatic carbocycles. The van der Waals surface area contributed by atoms with Crippen LogP contribution in [0.1, 0.15) is 31.0 Å². The fourth-order valence-electron chi connectivity index (χ4n) is 3.39. The molecule has 2 aromatic heterocycles. The summed E-state index contributed by atoms with van der Waals surface area (Å²) < 4.78 is 12.4. The molecule has 31 heavy (non-hydrogen) atoms. The molecule has 1 N–H and O–H groups in total. The maximum Gasteiger partial charge on any atom is 0.338 e. The lowest BCUT2D eigenvalue weighted by atomic mass is 9.96. The summed E-state index contributed by atoms with van der Waals surface area (Å²) >= 11 is 1.51. The van der Waals surface area contributed by atoms with E-state index in [1.165, 1.54) is 11.8 Å². The molecule has 3 aromatic rings. The molecule has 0 saturated heterocycles. The number of pyridine rings is 1. The van der Waals surface area contributed by atoms with E-state index in [0.29, 0.717) is 34.7 Å². The SMILES string of the molecule is CCOC(=O)C1=C(C)Nc2nc(SCc3cccnc3)nn2[C@H]1c1ccc(OC)cc1. The van der Waals surface area contributed by atoms with Crippen molar-refractivity contribution < 1.29 is 14.3 Å². The number of carbonyl (C=O) groups excluding carboxylic acids is 1. The molecular formula is C22H23N5O3S. The van der Waals surface area contributed by atoms with E-state index in [2.05, 4.69) is 15.3 Å². The van der Waals surface area contributed by atoms with Crippen LogP contribution in [0.3, 0.4) is 0 Å². The molecule has 0 amide bonds. The van der Waals surface area contributed by atoms with Crippen molar-refractivity contribution in [3.8, 4) is 5.75 Å². The first-order chi connectivity index (χ1) is 15.1. The normalized spacial score (nSPS) is 15.3. The molecule has 0 saturated carbocycles. The van der Waals surface area contributed by atoms with Crippen molar-refractivity contribution in [1.82, 2.24) is 19.7 Å². The van der Waals surface area contributed by atoms with Crippen LogP contribution >= 0.6 is 11.8 Å². The number of rotatable bonds is 7. The van der Waals surface area contributed by atoms with Crippen LogP contribution in [-0.4, -0.2) is 39.4 Å². The third-order valence-electron chi connectivity index (χ3n) is 4.85. The van der Waals surface area contributed by atoms with Crippen molar-refractivity contribution in [1.29, 1.82) is 0 Å². The molecule has 8 nitrogen and oxygen atoms in total. The maximum atomic E-state index is 12.8. The second-order valence-electron chi connectivity index (χ2n) is 6.87. The summed E-state index contributed by atoms with van der Waals surface area (Å²) in [6, 6.07) is 11.0. The second kappa shape index (κ2) is 9.22. The zero-order valence-electron chi connectivity index (χ0n) is 17.5. The molecule has 1 aromatic carbocycles. The van der Waals surface area contributed by atoms with Gasteiger partial charge in [-0.15, -0.1) is 5.10 Å². The van der Waals surface area contributed by atoms with Gasteiger partial charge in [0, 0.05) is 23.8 Å². The Bertz CT molecular complexity index is 1100. The van der Waals surface area contributed by atoms with Crippen LogP contribution in [0, 0.1) is 0 Å². The topological polar surface area (TPSA) is 91.2 Å². The molecule has 3 heterocycles. The number of nitrogens with zero attached hydrogens (tertiary/aromatic N) is 4. The first-order valence-electron chi connectivity index (χ1n) is 9.87. The number of hydrogen-bond acceptors (Lipinski definition) is 8. The van der Waals surface area contributed by atoms with Crippen molar-refractivity contribution in [3.05, 3.63) is 71.2 Å². The van der Waals surface area contributed by atoms with E-state index >= 15 is 0 Å².